The minimum atomic E-state index is 1.07. The topological polar surface area (TPSA) is 39.3 Å². The maximum absolute atomic E-state index is 3.67. The van der Waals surface area contributed by atoms with E-state index in [0.29, 0.717) is 0 Å². The molecule has 0 unspecified atom stereocenters. The van der Waals surface area contributed by atoms with Crippen molar-refractivity contribution in [1.29, 1.82) is 0 Å². The van der Waals surface area contributed by atoms with Crippen LogP contribution in [0.25, 0.3) is 77.2 Å². The van der Waals surface area contributed by atoms with Gasteiger partial charge in [0.15, 0.2) is 0 Å². The molecule has 430 valence electrons. The lowest BCUT2D eigenvalue weighted by atomic mass is 9.97. The molecule has 0 fully saturated rings. The summed E-state index contributed by atoms with van der Waals surface area (Å²) < 4.78 is 0. The maximum atomic E-state index is 3.67. The first-order valence-corrected chi connectivity index (χ1v) is 30.6. The van der Waals surface area contributed by atoms with E-state index < -0.39 is 0 Å². The van der Waals surface area contributed by atoms with Crippen molar-refractivity contribution in [2.45, 2.75) is 0 Å². The van der Waals surface area contributed by atoms with Crippen LogP contribution in [0.2, 0.25) is 0 Å². The molecule has 0 radical (unpaired) electrons. The Balaban J connectivity index is 0.000000125. The smallest absolute Gasteiger partial charge is 0.0464 e. The first-order valence-electron chi connectivity index (χ1n) is 30.6. The second-order valence-electron chi connectivity index (χ2n) is 21.9. The predicted octanol–water partition coefficient (Wildman–Crippen LogP) is 24.4. The van der Waals surface area contributed by atoms with Crippen LogP contribution in [-0.4, -0.2) is 0 Å². The average Bonchev–Trinajstić information content (AvgIpc) is 2.17. The highest BCUT2D eigenvalue weighted by Crippen LogP contribution is 2.39. The van der Waals surface area contributed by atoms with Crippen LogP contribution in [0.4, 0.5) is 51.2 Å². The molecule has 4 nitrogen and oxygen atoms in total. The van der Waals surface area contributed by atoms with Gasteiger partial charge in [-0.1, -0.05) is 273 Å². The van der Waals surface area contributed by atoms with Crippen LogP contribution >= 0.6 is 0 Å². The Labute approximate surface area is 528 Å². The predicted molar refractivity (Wildman–Crippen MR) is 385 cm³/mol. The lowest BCUT2D eigenvalue weighted by molar-refractivity contribution is 1.28. The molecule has 15 aromatic rings. The van der Waals surface area contributed by atoms with Gasteiger partial charge in [0.2, 0.25) is 0 Å². The van der Waals surface area contributed by atoms with Crippen molar-refractivity contribution in [1.82, 2.24) is 0 Å². The molecule has 4 heteroatoms. The van der Waals surface area contributed by atoms with Crippen molar-refractivity contribution in [3.05, 3.63) is 382 Å². The molecule has 0 aliphatic heterocycles. The van der Waals surface area contributed by atoms with E-state index in [0.717, 1.165) is 51.2 Å². The van der Waals surface area contributed by atoms with Gasteiger partial charge in [0.25, 0.3) is 0 Å². The quantitative estimate of drug-likeness (QED) is 0.101. The molecule has 15 rings (SSSR count). The molecule has 0 spiro atoms. The summed E-state index contributed by atoms with van der Waals surface area (Å²) in [5.41, 5.74) is 22.1. The molecule has 0 atom stereocenters. The van der Waals surface area contributed by atoms with Crippen molar-refractivity contribution in [2.24, 2.45) is 0 Å². The van der Waals surface area contributed by atoms with Crippen LogP contribution in [-0.2, 0) is 0 Å². The van der Waals surface area contributed by atoms with Crippen molar-refractivity contribution in [2.75, 3.05) is 20.9 Å². The summed E-state index contributed by atoms with van der Waals surface area (Å²) >= 11 is 0. The molecule has 0 heterocycles. The van der Waals surface area contributed by atoms with E-state index in [1.54, 1.807) is 0 Å². The molecule has 0 bridgehead atoms. The first-order chi connectivity index (χ1) is 44.6. The van der Waals surface area contributed by atoms with E-state index in [4.69, 9.17) is 0 Å². The molecule has 0 aromatic heterocycles. The average molecular weight is 1160 g/mol. The zero-order valence-corrected chi connectivity index (χ0v) is 49.8. The van der Waals surface area contributed by atoms with E-state index in [1.807, 2.05) is 36.4 Å². The summed E-state index contributed by atoms with van der Waals surface area (Å²) in [6.45, 7) is 0. The Bertz CT molecular complexity index is 4690. The van der Waals surface area contributed by atoms with Gasteiger partial charge in [0, 0.05) is 62.3 Å². The fourth-order valence-corrected chi connectivity index (χ4v) is 11.4. The van der Waals surface area contributed by atoms with Gasteiger partial charge in [-0.25, -0.2) is 0 Å². The molecule has 0 aliphatic carbocycles. The van der Waals surface area contributed by atoms with Crippen LogP contribution in [0.5, 0.6) is 0 Å². The van der Waals surface area contributed by atoms with E-state index in [2.05, 4.69) is 367 Å². The van der Waals surface area contributed by atoms with Crippen molar-refractivity contribution in [3.63, 3.8) is 0 Å². The number of anilines is 9. The first kappa shape index (κ1) is 57.1. The zero-order chi connectivity index (χ0) is 60.5. The fraction of sp³-hybridized carbons (Fsp3) is 0. The van der Waals surface area contributed by atoms with Gasteiger partial charge < -0.3 is 20.9 Å². The minimum absolute atomic E-state index is 1.07. The van der Waals surface area contributed by atoms with Gasteiger partial charge in [-0.2, -0.15) is 0 Å². The number of benzene rings is 15. The number of para-hydroxylation sites is 4. The van der Waals surface area contributed by atoms with Gasteiger partial charge in [0.1, 0.15) is 0 Å². The summed E-state index contributed by atoms with van der Waals surface area (Å²) in [5.74, 6) is 0. The third-order valence-corrected chi connectivity index (χ3v) is 15.9. The summed E-state index contributed by atoms with van der Waals surface area (Å²) in [7, 11) is 0. The van der Waals surface area contributed by atoms with Crippen molar-refractivity contribution < 1.29 is 0 Å². The van der Waals surface area contributed by atoms with Crippen LogP contribution in [0, 0.1) is 0 Å². The zero-order valence-electron chi connectivity index (χ0n) is 49.8. The van der Waals surface area contributed by atoms with Crippen molar-refractivity contribution in [3.8, 4) is 55.6 Å². The van der Waals surface area contributed by atoms with Gasteiger partial charge in [0.05, 0.1) is 0 Å². The molecular weight excluding hydrogens is 1090 g/mol. The second kappa shape index (κ2) is 28.0. The summed E-state index contributed by atoms with van der Waals surface area (Å²) in [6.07, 6.45) is 0. The van der Waals surface area contributed by atoms with E-state index in [9.17, 15) is 0 Å². The van der Waals surface area contributed by atoms with Crippen LogP contribution in [0.1, 0.15) is 0 Å². The Morgan fingerprint density at radius 2 is 0.556 bits per heavy atom. The highest BCUT2D eigenvalue weighted by atomic mass is 15.1. The Morgan fingerprint density at radius 3 is 1.19 bits per heavy atom. The molecular formula is C86H66N4. The van der Waals surface area contributed by atoms with Gasteiger partial charge >= 0.3 is 0 Å². The van der Waals surface area contributed by atoms with Crippen LogP contribution in [0.3, 0.4) is 0 Å². The largest absolute Gasteiger partial charge is 0.356 e. The lowest BCUT2D eigenvalue weighted by Crippen LogP contribution is -2.09. The fourth-order valence-electron chi connectivity index (χ4n) is 11.4. The Kier molecular flexibility index (Phi) is 17.8. The number of hydrogen-bond donors (Lipinski definition) is 3. The van der Waals surface area contributed by atoms with E-state index in [1.165, 1.54) is 77.2 Å². The number of nitrogens with zero attached hydrogens (tertiary/aromatic N) is 1. The maximum Gasteiger partial charge on any atom is 0.0464 e. The third-order valence-electron chi connectivity index (χ3n) is 15.9. The van der Waals surface area contributed by atoms with Gasteiger partial charge in [-0.15, -0.1) is 0 Å². The highest BCUT2D eigenvalue weighted by Gasteiger charge is 2.14. The minimum Gasteiger partial charge on any atom is -0.356 e. The number of fused-ring (bicyclic) bond motifs is 2. The van der Waals surface area contributed by atoms with Gasteiger partial charge in [-0.3, -0.25) is 0 Å². The number of rotatable bonds is 14. The molecule has 0 aliphatic rings. The van der Waals surface area contributed by atoms with Crippen LogP contribution in [0.15, 0.2) is 382 Å². The monoisotopic (exact) mass is 1150 g/mol. The van der Waals surface area contributed by atoms with Crippen molar-refractivity contribution >= 4 is 72.7 Å². The van der Waals surface area contributed by atoms with Gasteiger partial charge in [-0.05, 0) is 175 Å². The number of hydrogen-bond acceptors (Lipinski definition) is 4. The molecule has 90 heavy (non-hydrogen) atoms. The lowest BCUT2D eigenvalue weighted by Gasteiger charge is -2.25. The standard InChI is InChI=1S/C34H25N.C28H21N.C24H20N2/c1-3-10-25(11-4-1)29-20-23-34(33(24-29)27-12-5-2-6-13-27)35-30-21-18-28(19-22-30)32-17-9-15-26-14-7-8-16-31(26)32;1-3-9-21(10-4-1)23-15-16-25-20-26(18-17-24(25)19-23)29-28-14-8-7-13-27(28)22-11-5-2-6-12-22;1-4-10-20(11-5-1)25-21-16-18-24(19-17-21)26(22-12-6-2-7-13-22)23-14-8-3-9-15-23/h1-24,35H;1-20,29H;1-19,25H. The third kappa shape index (κ3) is 14.0. The molecule has 15 aromatic carbocycles. The number of nitrogens with one attached hydrogen (secondary N) is 3. The summed E-state index contributed by atoms with van der Waals surface area (Å²) in [4.78, 5) is 2.26. The molecule has 0 amide bonds. The Hall–Kier alpha value is -12.0. The highest BCUT2D eigenvalue weighted by molar-refractivity contribution is 5.97. The van der Waals surface area contributed by atoms with Crippen LogP contribution < -0.4 is 20.9 Å². The van der Waals surface area contributed by atoms with E-state index >= 15 is 0 Å². The normalized spacial score (nSPS) is 10.7. The molecule has 3 N–H and O–H groups in total. The SMILES string of the molecule is c1ccc(-c2ccc(Nc3ccc(-c4cccc5ccccc45)cc3)c(-c3ccccc3)c2)cc1.c1ccc(-c2ccc3cc(Nc4ccccc4-c4ccccc4)ccc3c2)cc1.c1ccc(Nc2ccc(N(c3ccccc3)c3ccccc3)cc2)cc1. The Morgan fingerprint density at radius 1 is 0.178 bits per heavy atom. The summed E-state index contributed by atoms with van der Waals surface area (Å²) in [5, 5.41) is 15.7. The van der Waals surface area contributed by atoms with E-state index in [-0.39, 0.29) is 0 Å². The molecule has 0 saturated carbocycles. The summed E-state index contributed by atoms with van der Waals surface area (Å²) in [6, 6.07) is 134. The second-order valence-corrected chi connectivity index (χ2v) is 21.9. The molecule has 0 saturated heterocycles.